The number of carbonyl (C=O) groups excluding carboxylic acids is 1. The van der Waals surface area contributed by atoms with Crippen LogP contribution in [0.1, 0.15) is 43.7 Å². The van der Waals surface area contributed by atoms with Crippen LogP contribution in [0, 0.1) is 13.8 Å². The van der Waals surface area contributed by atoms with Crippen LogP contribution in [-0.2, 0) is 9.53 Å². The zero-order valence-corrected chi connectivity index (χ0v) is 19.3. The molecule has 30 heavy (non-hydrogen) atoms. The van der Waals surface area contributed by atoms with Crippen molar-refractivity contribution in [3.05, 3.63) is 53.6 Å². The highest BCUT2D eigenvalue weighted by atomic mass is 32.2. The first-order valence-corrected chi connectivity index (χ1v) is 11.9. The molecule has 0 bridgehead atoms. The van der Waals surface area contributed by atoms with Crippen LogP contribution in [0.25, 0.3) is 0 Å². The van der Waals surface area contributed by atoms with Crippen molar-refractivity contribution in [2.45, 2.75) is 56.2 Å². The molecule has 0 spiro atoms. The summed E-state index contributed by atoms with van der Waals surface area (Å²) in [6.07, 6.45) is 3.68. The van der Waals surface area contributed by atoms with Gasteiger partial charge in [-0.15, -0.1) is 0 Å². The number of aryl methyl sites for hydroxylation is 2. The molecule has 4 nitrogen and oxygen atoms in total. The summed E-state index contributed by atoms with van der Waals surface area (Å²) in [5.41, 5.74) is 3.91. The quantitative estimate of drug-likeness (QED) is 0.382. The van der Waals surface area contributed by atoms with Crippen molar-refractivity contribution in [1.29, 1.82) is 0 Å². The summed E-state index contributed by atoms with van der Waals surface area (Å²) in [4.78, 5) is 19.1. The minimum Gasteiger partial charge on any atom is -0.449 e. The predicted molar refractivity (Wildman–Crippen MR) is 125 cm³/mol. The summed E-state index contributed by atoms with van der Waals surface area (Å²) >= 11 is 1.84. The third kappa shape index (κ3) is 6.51. The molecule has 2 aromatic rings. The van der Waals surface area contributed by atoms with Crippen molar-refractivity contribution in [2.24, 2.45) is 0 Å². The van der Waals surface area contributed by atoms with Crippen LogP contribution < -0.4 is 4.90 Å². The zero-order chi connectivity index (χ0) is 21.3. The SMILES string of the molecule is CCCCCC(=O)OCN1CCN(c2ccccc2Sc2ccc(C)cc2C)CC1. The first kappa shape index (κ1) is 22.7. The topological polar surface area (TPSA) is 32.8 Å². The van der Waals surface area contributed by atoms with E-state index in [-0.39, 0.29) is 5.97 Å². The monoisotopic (exact) mass is 426 g/mol. The van der Waals surface area contributed by atoms with Gasteiger partial charge in [0.2, 0.25) is 0 Å². The van der Waals surface area contributed by atoms with Crippen LogP contribution in [0.4, 0.5) is 5.69 Å². The van der Waals surface area contributed by atoms with Gasteiger partial charge in [0.05, 0.1) is 5.69 Å². The molecule has 0 aromatic heterocycles. The highest BCUT2D eigenvalue weighted by Crippen LogP contribution is 2.37. The lowest BCUT2D eigenvalue weighted by Crippen LogP contribution is -2.47. The van der Waals surface area contributed by atoms with Gasteiger partial charge in [-0.3, -0.25) is 9.69 Å². The van der Waals surface area contributed by atoms with Gasteiger partial charge in [-0.2, -0.15) is 0 Å². The number of carbonyl (C=O) groups is 1. The molecule has 1 aliphatic rings. The molecule has 3 rings (SSSR count). The van der Waals surface area contributed by atoms with E-state index < -0.39 is 0 Å². The standard InChI is InChI=1S/C25H34N2O2S/c1-4-5-6-11-25(28)29-19-26-14-16-27(17-15-26)22-9-7-8-10-24(22)30-23-13-12-20(2)18-21(23)3/h7-10,12-13,18H,4-6,11,14-17,19H2,1-3H3. The zero-order valence-electron chi connectivity index (χ0n) is 18.5. The minimum atomic E-state index is -0.0684. The van der Waals surface area contributed by atoms with E-state index in [4.69, 9.17) is 4.74 Å². The third-order valence-electron chi connectivity index (χ3n) is 5.52. The fraction of sp³-hybridized carbons (Fsp3) is 0.480. The molecule has 2 aromatic carbocycles. The van der Waals surface area contributed by atoms with Gasteiger partial charge in [-0.25, -0.2) is 0 Å². The van der Waals surface area contributed by atoms with Gasteiger partial charge >= 0.3 is 5.97 Å². The highest BCUT2D eigenvalue weighted by Gasteiger charge is 2.20. The Kier molecular flexibility index (Phi) is 8.64. The maximum Gasteiger partial charge on any atom is 0.307 e. The maximum atomic E-state index is 11.9. The maximum absolute atomic E-state index is 11.9. The Labute approximate surface area is 185 Å². The van der Waals surface area contributed by atoms with E-state index in [1.165, 1.54) is 26.6 Å². The molecule has 0 saturated carbocycles. The second-order valence-corrected chi connectivity index (χ2v) is 9.13. The van der Waals surface area contributed by atoms with E-state index in [9.17, 15) is 4.79 Å². The Morgan fingerprint density at radius 1 is 1.00 bits per heavy atom. The molecule has 162 valence electrons. The van der Waals surface area contributed by atoms with Crippen LogP contribution in [0.15, 0.2) is 52.3 Å². The van der Waals surface area contributed by atoms with Crippen LogP contribution in [0.3, 0.4) is 0 Å². The third-order valence-corrected chi connectivity index (χ3v) is 6.76. The fourth-order valence-electron chi connectivity index (χ4n) is 3.71. The van der Waals surface area contributed by atoms with Gasteiger partial charge in [0.25, 0.3) is 0 Å². The summed E-state index contributed by atoms with van der Waals surface area (Å²) in [6.45, 7) is 10.6. The van der Waals surface area contributed by atoms with E-state index in [1.807, 2.05) is 11.8 Å². The molecule has 0 radical (unpaired) electrons. The lowest BCUT2D eigenvalue weighted by Gasteiger charge is -2.36. The Hall–Kier alpha value is -1.98. The smallest absolute Gasteiger partial charge is 0.307 e. The van der Waals surface area contributed by atoms with E-state index in [2.05, 4.69) is 73.0 Å². The van der Waals surface area contributed by atoms with Gasteiger partial charge in [-0.1, -0.05) is 61.4 Å². The highest BCUT2D eigenvalue weighted by molar-refractivity contribution is 7.99. The van der Waals surface area contributed by atoms with Crippen molar-refractivity contribution in [3.8, 4) is 0 Å². The van der Waals surface area contributed by atoms with Crippen molar-refractivity contribution in [3.63, 3.8) is 0 Å². The van der Waals surface area contributed by atoms with Gasteiger partial charge in [0.15, 0.2) is 0 Å². The molecule has 1 aliphatic heterocycles. The molecule has 5 heteroatoms. The predicted octanol–water partition coefficient (Wildman–Crippen LogP) is 5.66. The number of hydrogen-bond donors (Lipinski definition) is 0. The van der Waals surface area contributed by atoms with Crippen molar-refractivity contribution in [2.75, 3.05) is 37.8 Å². The molecular weight excluding hydrogens is 392 g/mol. The number of rotatable bonds is 9. The van der Waals surface area contributed by atoms with Crippen LogP contribution in [0.5, 0.6) is 0 Å². The Bertz CT molecular complexity index is 832. The van der Waals surface area contributed by atoms with Gasteiger partial charge in [0, 0.05) is 42.4 Å². The number of para-hydroxylation sites is 1. The lowest BCUT2D eigenvalue weighted by atomic mass is 10.2. The molecular formula is C25H34N2O2S. The van der Waals surface area contributed by atoms with Crippen LogP contribution in [0.2, 0.25) is 0 Å². The van der Waals surface area contributed by atoms with Crippen LogP contribution in [-0.4, -0.2) is 43.8 Å². The molecule has 1 saturated heterocycles. The molecule has 1 heterocycles. The summed E-state index contributed by atoms with van der Waals surface area (Å²) < 4.78 is 5.46. The average molecular weight is 427 g/mol. The number of anilines is 1. The number of nitrogens with zero attached hydrogens (tertiary/aromatic N) is 2. The summed E-state index contributed by atoms with van der Waals surface area (Å²) in [5, 5.41) is 0. The van der Waals surface area contributed by atoms with Gasteiger partial charge < -0.3 is 9.64 Å². The normalized spacial score (nSPS) is 14.7. The summed E-state index contributed by atoms with van der Waals surface area (Å²) in [5.74, 6) is -0.0684. The number of esters is 1. The molecule has 0 amide bonds. The number of unbranched alkanes of at least 4 members (excludes halogenated alkanes) is 2. The molecule has 0 aliphatic carbocycles. The minimum absolute atomic E-state index is 0.0684. The summed E-state index contributed by atoms with van der Waals surface area (Å²) in [6, 6.07) is 15.3. The van der Waals surface area contributed by atoms with E-state index in [1.54, 1.807) is 0 Å². The molecule has 1 fully saturated rings. The van der Waals surface area contributed by atoms with E-state index in [0.29, 0.717) is 13.2 Å². The number of piperazine rings is 1. The largest absolute Gasteiger partial charge is 0.449 e. The van der Waals surface area contributed by atoms with Crippen molar-refractivity contribution >= 4 is 23.4 Å². The number of benzene rings is 2. The molecule has 0 unspecified atom stereocenters. The van der Waals surface area contributed by atoms with Gasteiger partial charge in [-0.05, 0) is 44.0 Å². The number of hydrogen-bond acceptors (Lipinski definition) is 5. The second-order valence-electron chi connectivity index (χ2n) is 8.05. The van der Waals surface area contributed by atoms with Crippen molar-refractivity contribution in [1.82, 2.24) is 4.90 Å². The Morgan fingerprint density at radius 3 is 2.50 bits per heavy atom. The van der Waals surface area contributed by atoms with Crippen molar-refractivity contribution < 1.29 is 9.53 Å². The fourth-order valence-corrected chi connectivity index (χ4v) is 4.75. The molecule has 0 N–H and O–H groups in total. The van der Waals surface area contributed by atoms with E-state index >= 15 is 0 Å². The first-order chi connectivity index (χ1) is 14.6. The first-order valence-electron chi connectivity index (χ1n) is 11.0. The van der Waals surface area contributed by atoms with Gasteiger partial charge in [0.1, 0.15) is 6.73 Å². The Balaban J connectivity index is 1.54. The Morgan fingerprint density at radius 2 is 1.77 bits per heavy atom. The molecule has 0 atom stereocenters. The summed E-state index contributed by atoms with van der Waals surface area (Å²) in [7, 11) is 0. The second kappa shape index (κ2) is 11.4. The van der Waals surface area contributed by atoms with Crippen LogP contribution >= 0.6 is 11.8 Å². The lowest BCUT2D eigenvalue weighted by molar-refractivity contribution is -0.148. The average Bonchev–Trinajstić information content (AvgIpc) is 2.75. The van der Waals surface area contributed by atoms with E-state index in [0.717, 1.165) is 45.4 Å². The number of ether oxygens (including phenoxy) is 1.